The van der Waals surface area contributed by atoms with Crippen molar-refractivity contribution in [2.45, 2.75) is 51.3 Å². The van der Waals surface area contributed by atoms with Crippen molar-refractivity contribution in [3.05, 3.63) is 35.9 Å². The molecule has 1 fully saturated rings. The van der Waals surface area contributed by atoms with Gasteiger partial charge in [0.15, 0.2) is 0 Å². The maximum absolute atomic E-state index is 10.2. The summed E-state index contributed by atoms with van der Waals surface area (Å²) in [5.74, 6) is -0.879. The predicted octanol–water partition coefficient (Wildman–Crippen LogP) is 2.70. The molecule has 0 amide bonds. The molecule has 1 aromatic carbocycles. The molecule has 0 aliphatic carbocycles. The van der Waals surface area contributed by atoms with Crippen LogP contribution in [0.25, 0.3) is 0 Å². The predicted molar refractivity (Wildman–Crippen MR) is 82.6 cm³/mol. The molecular formula is C15H24ClNO3. The van der Waals surface area contributed by atoms with E-state index in [1.807, 2.05) is 0 Å². The smallest absolute Gasteiger partial charge is 0.335 e. The summed E-state index contributed by atoms with van der Waals surface area (Å²) < 4.78 is 0. The minimum absolute atomic E-state index is 0. The van der Waals surface area contributed by atoms with Crippen LogP contribution < -0.4 is 5.32 Å². The summed E-state index contributed by atoms with van der Waals surface area (Å²) in [7, 11) is 0. The topological polar surface area (TPSA) is 69.6 Å². The molecule has 0 spiro atoms. The quantitative estimate of drug-likeness (QED) is 0.746. The number of carboxylic acid groups (broad SMARTS) is 1. The second kappa shape index (κ2) is 8.25. The number of hydrogen-bond acceptors (Lipinski definition) is 3. The third kappa shape index (κ3) is 6.89. The average Bonchev–Trinajstić information content (AvgIpc) is 2.27. The van der Waals surface area contributed by atoms with Gasteiger partial charge in [-0.15, -0.1) is 12.4 Å². The largest absolute Gasteiger partial charge is 0.478 e. The first-order valence-electron chi connectivity index (χ1n) is 6.54. The Bertz CT molecular complexity index is 397. The van der Waals surface area contributed by atoms with Crippen LogP contribution in [0.5, 0.6) is 0 Å². The molecule has 2 rings (SSSR count). The Kier molecular flexibility index (Phi) is 7.79. The molecule has 20 heavy (non-hydrogen) atoms. The zero-order valence-corrected chi connectivity index (χ0v) is 13.0. The van der Waals surface area contributed by atoms with Gasteiger partial charge >= 0.3 is 5.97 Å². The van der Waals surface area contributed by atoms with Crippen molar-refractivity contribution in [3.8, 4) is 0 Å². The van der Waals surface area contributed by atoms with Gasteiger partial charge in [0.05, 0.1) is 11.7 Å². The SMILES string of the molecule is CC1CC(O)CC(C)(C)N1.Cl.O=C(O)c1ccccc1. The van der Waals surface area contributed by atoms with Gasteiger partial charge in [0, 0.05) is 11.6 Å². The van der Waals surface area contributed by atoms with Gasteiger partial charge in [0.2, 0.25) is 0 Å². The number of aliphatic hydroxyl groups excluding tert-OH is 1. The Balaban J connectivity index is 0.000000345. The molecule has 1 aliphatic rings. The normalized spacial score (nSPS) is 23.8. The molecule has 4 nitrogen and oxygen atoms in total. The molecule has 5 heteroatoms. The molecule has 0 saturated carbocycles. The van der Waals surface area contributed by atoms with Gasteiger partial charge in [-0.3, -0.25) is 0 Å². The lowest BCUT2D eigenvalue weighted by Gasteiger charge is -2.38. The maximum atomic E-state index is 10.2. The molecule has 2 atom stereocenters. The Labute approximate surface area is 126 Å². The standard InChI is InChI=1S/C8H17NO.C7H6O2.ClH/c1-6-4-7(10)5-8(2,3)9-6;8-7(9)6-4-2-1-3-5-6;/h6-7,9-10H,4-5H2,1-3H3;1-5H,(H,8,9);1H. The summed E-state index contributed by atoms with van der Waals surface area (Å²) >= 11 is 0. The van der Waals surface area contributed by atoms with Crippen LogP contribution in [0.3, 0.4) is 0 Å². The van der Waals surface area contributed by atoms with Crippen molar-refractivity contribution in [3.63, 3.8) is 0 Å². The van der Waals surface area contributed by atoms with E-state index in [4.69, 9.17) is 5.11 Å². The second-order valence-corrected chi connectivity index (χ2v) is 5.69. The van der Waals surface area contributed by atoms with Crippen LogP contribution in [0.1, 0.15) is 44.0 Å². The number of rotatable bonds is 1. The Hall–Kier alpha value is -1.10. The van der Waals surface area contributed by atoms with Crippen LogP contribution in [-0.4, -0.2) is 33.9 Å². The van der Waals surface area contributed by atoms with E-state index in [0.29, 0.717) is 11.6 Å². The molecule has 1 aromatic rings. The van der Waals surface area contributed by atoms with E-state index in [1.165, 1.54) is 0 Å². The lowest BCUT2D eigenvalue weighted by atomic mass is 9.88. The fourth-order valence-electron chi connectivity index (χ4n) is 2.45. The molecule has 0 bridgehead atoms. The Morgan fingerprint density at radius 3 is 2.20 bits per heavy atom. The van der Waals surface area contributed by atoms with E-state index in [1.54, 1.807) is 30.3 Å². The summed E-state index contributed by atoms with van der Waals surface area (Å²) in [6.07, 6.45) is 1.66. The van der Waals surface area contributed by atoms with E-state index >= 15 is 0 Å². The fraction of sp³-hybridized carbons (Fsp3) is 0.533. The van der Waals surface area contributed by atoms with Crippen LogP contribution >= 0.6 is 12.4 Å². The number of benzene rings is 1. The van der Waals surface area contributed by atoms with Gasteiger partial charge in [-0.25, -0.2) is 4.79 Å². The summed E-state index contributed by atoms with van der Waals surface area (Å²) in [5, 5.41) is 21.2. The van der Waals surface area contributed by atoms with Gasteiger partial charge in [0.25, 0.3) is 0 Å². The van der Waals surface area contributed by atoms with E-state index in [2.05, 4.69) is 26.1 Å². The van der Waals surface area contributed by atoms with Crippen molar-refractivity contribution in [1.82, 2.24) is 5.32 Å². The molecule has 1 aliphatic heterocycles. The Morgan fingerprint density at radius 1 is 1.30 bits per heavy atom. The summed E-state index contributed by atoms with van der Waals surface area (Å²) in [6, 6.07) is 8.75. The van der Waals surface area contributed by atoms with E-state index in [9.17, 15) is 9.90 Å². The van der Waals surface area contributed by atoms with Crippen LogP contribution in [0.15, 0.2) is 30.3 Å². The van der Waals surface area contributed by atoms with Gasteiger partial charge in [-0.2, -0.15) is 0 Å². The highest BCUT2D eigenvalue weighted by Gasteiger charge is 2.29. The van der Waals surface area contributed by atoms with Crippen molar-refractivity contribution in [2.24, 2.45) is 0 Å². The van der Waals surface area contributed by atoms with Crippen molar-refractivity contribution in [1.29, 1.82) is 0 Å². The number of carbonyl (C=O) groups is 1. The van der Waals surface area contributed by atoms with Crippen LogP contribution in [0.4, 0.5) is 0 Å². The number of aliphatic hydroxyl groups is 1. The third-order valence-electron chi connectivity index (χ3n) is 3.03. The summed E-state index contributed by atoms with van der Waals surface area (Å²) in [5.41, 5.74) is 0.453. The van der Waals surface area contributed by atoms with E-state index < -0.39 is 5.97 Å². The number of aromatic carboxylic acids is 1. The number of carboxylic acids is 1. The zero-order valence-electron chi connectivity index (χ0n) is 12.2. The zero-order chi connectivity index (χ0) is 14.5. The van der Waals surface area contributed by atoms with Crippen molar-refractivity contribution < 1.29 is 15.0 Å². The number of halogens is 1. The number of piperidine rings is 1. The number of nitrogens with one attached hydrogen (secondary N) is 1. The maximum Gasteiger partial charge on any atom is 0.335 e. The number of hydrogen-bond donors (Lipinski definition) is 3. The molecule has 0 radical (unpaired) electrons. The monoisotopic (exact) mass is 301 g/mol. The highest BCUT2D eigenvalue weighted by atomic mass is 35.5. The molecular weight excluding hydrogens is 278 g/mol. The first-order valence-corrected chi connectivity index (χ1v) is 6.54. The summed E-state index contributed by atoms with van der Waals surface area (Å²) in [4.78, 5) is 10.2. The minimum atomic E-state index is -0.879. The molecule has 114 valence electrons. The Morgan fingerprint density at radius 2 is 1.85 bits per heavy atom. The van der Waals surface area contributed by atoms with E-state index in [-0.39, 0.29) is 24.0 Å². The first kappa shape index (κ1) is 18.9. The highest BCUT2D eigenvalue weighted by Crippen LogP contribution is 2.21. The van der Waals surface area contributed by atoms with Crippen LogP contribution in [0, 0.1) is 0 Å². The second-order valence-electron chi connectivity index (χ2n) is 5.69. The average molecular weight is 302 g/mol. The van der Waals surface area contributed by atoms with Crippen LogP contribution in [-0.2, 0) is 0 Å². The molecule has 2 unspecified atom stereocenters. The van der Waals surface area contributed by atoms with Gasteiger partial charge in [-0.05, 0) is 45.7 Å². The third-order valence-corrected chi connectivity index (χ3v) is 3.03. The lowest BCUT2D eigenvalue weighted by molar-refractivity contribution is 0.0693. The van der Waals surface area contributed by atoms with Gasteiger partial charge in [0.1, 0.15) is 0 Å². The summed E-state index contributed by atoms with van der Waals surface area (Å²) in [6.45, 7) is 6.38. The van der Waals surface area contributed by atoms with E-state index in [0.717, 1.165) is 12.8 Å². The lowest BCUT2D eigenvalue weighted by Crippen LogP contribution is -2.52. The van der Waals surface area contributed by atoms with Gasteiger partial charge in [-0.1, -0.05) is 18.2 Å². The van der Waals surface area contributed by atoms with Crippen molar-refractivity contribution >= 4 is 18.4 Å². The first-order chi connectivity index (χ1) is 8.80. The van der Waals surface area contributed by atoms with Gasteiger partial charge < -0.3 is 15.5 Å². The molecule has 1 saturated heterocycles. The minimum Gasteiger partial charge on any atom is -0.478 e. The fourth-order valence-corrected chi connectivity index (χ4v) is 2.45. The molecule has 1 heterocycles. The molecule has 0 aromatic heterocycles. The van der Waals surface area contributed by atoms with Crippen molar-refractivity contribution in [2.75, 3.05) is 0 Å². The highest BCUT2D eigenvalue weighted by molar-refractivity contribution is 5.87. The van der Waals surface area contributed by atoms with Crippen LogP contribution in [0.2, 0.25) is 0 Å². The molecule has 3 N–H and O–H groups in total.